The first-order chi connectivity index (χ1) is 5.54. The molecule has 1 rings (SSSR count). The standard InChI is InChI=1S/C6H15N3O2S/c1-8-4-6-2-3-9(5-6)12(7,10)11/h6,8H,2-5H2,1H3,(H2,7,10,11). The van der Waals surface area contributed by atoms with Gasteiger partial charge in [0.05, 0.1) is 0 Å². The molecule has 0 spiro atoms. The summed E-state index contributed by atoms with van der Waals surface area (Å²) in [7, 11) is -1.59. The third kappa shape index (κ3) is 2.41. The van der Waals surface area contributed by atoms with E-state index in [9.17, 15) is 8.42 Å². The van der Waals surface area contributed by atoms with Crippen molar-refractivity contribution in [2.75, 3.05) is 26.7 Å². The quantitative estimate of drug-likeness (QED) is 0.587. The number of hydrogen-bond donors (Lipinski definition) is 2. The van der Waals surface area contributed by atoms with Gasteiger partial charge in [0.2, 0.25) is 0 Å². The topological polar surface area (TPSA) is 75.4 Å². The van der Waals surface area contributed by atoms with Crippen LogP contribution >= 0.6 is 0 Å². The summed E-state index contributed by atoms with van der Waals surface area (Å²) in [4.78, 5) is 0. The molecule has 6 heteroatoms. The third-order valence-corrected chi connectivity index (χ3v) is 3.15. The summed E-state index contributed by atoms with van der Waals surface area (Å²) in [6.45, 7) is 1.97. The molecule has 0 aromatic heterocycles. The Labute approximate surface area is 73.1 Å². The largest absolute Gasteiger partial charge is 0.319 e. The van der Waals surface area contributed by atoms with Gasteiger partial charge in [-0.25, -0.2) is 5.14 Å². The maximum atomic E-state index is 10.9. The lowest BCUT2D eigenvalue weighted by Crippen LogP contribution is -2.35. The fourth-order valence-corrected chi connectivity index (χ4v) is 2.26. The van der Waals surface area contributed by atoms with Crippen LogP contribution < -0.4 is 10.5 Å². The monoisotopic (exact) mass is 193 g/mol. The van der Waals surface area contributed by atoms with Crippen molar-refractivity contribution in [1.82, 2.24) is 9.62 Å². The highest BCUT2D eigenvalue weighted by Gasteiger charge is 2.28. The van der Waals surface area contributed by atoms with Crippen molar-refractivity contribution in [2.24, 2.45) is 11.1 Å². The SMILES string of the molecule is CNCC1CCN(S(N)(=O)=O)C1. The summed E-state index contributed by atoms with van der Waals surface area (Å²) in [6.07, 6.45) is 0.900. The maximum Gasteiger partial charge on any atom is 0.276 e. The van der Waals surface area contributed by atoms with Gasteiger partial charge in [-0.05, 0) is 25.9 Å². The van der Waals surface area contributed by atoms with E-state index >= 15 is 0 Å². The molecule has 5 nitrogen and oxygen atoms in total. The van der Waals surface area contributed by atoms with Crippen molar-refractivity contribution in [3.63, 3.8) is 0 Å². The lowest BCUT2D eigenvalue weighted by atomic mass is 10.1. The van der Waals surface area contributed by atoms with E-state index in [0.717, 1.165) is 13.0 Å². The van der Waals surface area contributed by atoms with Crippen LogP contribution in [-0.4, -0.2) is 39.4 Å². The summed E-state index contributed by atoms with van der Waals surface area (Å²) < 4.78 is 23.1. The third-order valence-electron chi connectivity index (χ3n) is 2.10. The van der Waals surface area contributed by atoms with Crippen molar-refractivity contribution < 1.29 is 8.42 Å². The summed E-state index contributed by atoms with van der Waals surface area (Å²) in [5.41, 5.74) is 0. The van der Waals surface area contributed by atoms with Crippen molar-refractivity contribution >= 4 is 10.2 Å². The molecular formula is C6H15N3O2S. The summed E-state index contributed by atoms with van der Waals surface area (Å²) in [5, 5.41) is 8.00. The van der Waals surface area contributed by atoms with Crippen LogP contribution in [0.1, 0.15) is 6.42 Å². The van der Waals surface area contributed by atoms with E-state index in [1.54, 1.807) is 0 Å². The van der Waals surface area contributed by atoms with Crippen LogP contribution in [0.3, 0.4) is 0 Å². The first-order valence-electron chi connectivity index (χ1n) is 3.96. The van der Waals surface area contributed by atoms with Gasteiger partial charge in [0.25, 0.3) is 10.2 Å². The normalized spacial score (nSPS) is 26.3. The van der Waals surface area contributed by atoms with E-state index in [4.69, 9.17) is 5.14 Å². The number of hydrogen-bond acceptors (Lipinski definition) is 3. The van der Waals surface area contributed by atoms with Gasteiger partial charge in [-0.2, -0.15) is 12.7 Å². The molecular weight excluding hydrogens is 178 g/mol. The molecule has 0 saturated carbocycles. The second-order valence-electron chi connectivity index (χ2n) is 3.12. The Bertz CT molecular complexity index is 239. The maximum absolute atomic E-state index is 10.9. The Hall–Kier alpha value is -0.170. The number of nitrogens with one attached hydrogen (secondary N) is 1. The predicted molar refractivity (Wildman–Crippen MR) is 46.7 cm³/mol. The zero-order valence-corrected chi connectivity index (χ0v) is 7.97. The lowest BCUT2D eigenvalue weighted by molar-refractivity contribution is 0.452. The molecule has 1 aliphatic heterocycles. The second kappa shape index (κ2) is 3.69. The zero-order chi connectivity index (χ0) is 9.19. The van der Waals surface area contributed by atoms with Crippen LogP contribution in [0.25, 0.3) is 0 Å². The molecule has 1 unspecified atom stereocenters. The predicted octanol–water partition coefficient (Wildman–Crippen LogP) is -1.27. The molecule has 12 heavy (non-hydrogen) atoms. The number of nitrogens with two attached hydrogens (primary N) is 1. The first kappa shape index (κ1) is 9.91. The number of rotatable bonds is 3. The smallest absolute Gasteiger partial charge is 0.276 e. The van der Waals surface area contributed by atoms with Gasteiger partial charge < -0.3 is 5.32 Å². The van der Waals surface area contributed by atoms with E-state index in [0.29, 0.717) is 19.0 Å². The van der Waals surface area contributed by atoms with Gasteiger partial charge in [0.15, 0.2) is 0 Å². The molecule has 1 aliphatic rings. The average molecular weight is 193 g/mol. The van der Waals surface area contributed by atoms with Crippen LogP contribution in [0.5, 0.6) is 0 Å². The molecule has 0 bridgehead atoms. The van der Waals surface area contributed by atoms with Gasteiger partial charge in [0.1, 0.15) is 0 Å². The Kier molecular flexibility index (Phi) is 3.05. The highest BCUT2D eigenvalue weighted by molar-refractivity contribution is 7.86. The minimum atomic E-state index is -3.45. The van der Waals surface area contributed by atoms with Crippen LogP contribution in [0.4, 0.5) is 0 Å². The van der Waals surface area contributed by atoms with E-state index in [2.05, 4.69) is 5.32 Å². The van der Waals surface area contributed by atoms with E-state index in [-0.39, 0.29) is 0 Å². The van der Waals surface area contributed by atoms with E-state index in [1.165, 1.54) is 4.31 Å². The van der Waals surface area contributed by atoms with Gasteiger partial charge in [-0.1, -0.05) is 0 Å². The summed E-state index contributed by atoms with van der Waals surface area (Å²) in [5.74, 6) is 0.410. The van der Waals surface area contributed by atoms with Gasteiger partial charge in [0, 0.05) is 13.1 Å². The Morgan fingerprint density at radius 2 is 2.33 bits per heavy atom. The minimum absolute atomic E-state index is 0.410. The van der Waals surface area contributed by atoms with E-state index in [1.807, 2.05) is 7.05 Å². The molecule has 1 saturated heterocycles. The van der Waals surface area contributed by atoms with Crippen molar-refractivity contribution in [3.05, 3.63) is 0 Å². The van der Waals surface area contributed by atoms with Crippen molar-refractivity contribution in [2.45, 2.75) is 6.42 Å². The second-order valence-corrected chi connectivity index (χ2v) is 4.66. The molecule has 1 fully saturated rings. The summed E-state index contributed by atoms with van der Waals surface area (Å²) >= 11 is 0. The average Bonchev–Trinajstić information content (AvgIpc) is 2.35. The Morgan fingerprint density at radius 3 is 2.75 bits per heavy atom. The van der Waals surface area contributed by atoms with Crippen LogP contribution in [0.2, 0.25) is 0 Å². The fraction of sp³-hybridized carbons (Fsp3) is 1.00. The molecule has 1 atom stereocenters. The van der Waals surface area contributed by atoms with Crippen LogP contribution in [0, 0.1) is 5.92 Å². The molecule has 72 valence electrons. The Balaban J connectivity index is 2.46. The molecule has 0 aromatic rings. The van der Waals surface area contributed by atoms with Gasteiger partial charge >= 0.3 is 0 Å². The lowest BCUT2D eigenvalue weighted by Gasteiger charge is -2.12. The van der Waals surface area contributed by atoms with Crippen molar-refractivity contribution in [3.8, 4) is 0 Å². The molecule has 1 heterocycles. The highest BCUT2D eigenvalue weighted by Crippen LogP contribution is 2.16. The minimum Gasteiger partial charge on any atom is -0.319 e. The molecule has 0 aliphatic carbocycles. The van der Waals surface area contributed by atoms with Crippen LogP contribution in [-0.2, 0) is 10.2 Å². The zero-order valence-electron chi connectivity index (χ0n) is 7.16. The molecule has 3 N–H and O–H groups in total. The van der Waals surface area contributed by atoms with Crippen LogP contribution in [0.15, 0.2) is 0 Å². The molecule has 0 aromatic carbocycles. The molecule has 0 amide bonds. The molecule has 0 radical (unpaired) electrons. The summed E-state index contributed by atoms with van der Waals surface area (Å²) in [6, 6.07) is 0. The van der Waals surface area contributed by atoms with Gasteiger partial charge in [-0.15, -0.1) is 0 Å². The number of nitrogens with zero attached hydrogens (tertiary/aromatic N) is 1. The van der Waals surface area contributed by atoms with E-state index < -0.39 is 10.2 Å². The van der Waals surface area contributed by atoms with Gasteiger partial charge in [-0.3, -0.25) is 0 Å². The fourth-order valence-electron chi connectivity index (χ4n) is 1.48. The highest BCUT2D eigenvalue weighted by atomic mass is 32.2. The Morgan fingerprint density at radius 1 is 1.67 bits per heavy atom. The van der Waals surface area contributed by atoms with Crippen molar-refractivity contribution in [1.29, 1.82) is 0 Å². The first-order valence-corrected chi connectivity index (χ1v) is 5.47.